The summed E-state index contributed by atoms with van der Waals surface area (Å²) in [7, 11) is 3.75. The standard InChI is InChI=1S/C48H28O2.2C44H26O2.3CH4/c1-2-15-30(16-3-1)43-31-17-5-4-14-29(31)26-27-38(43)44-32-18-6-8-20-34(32)45(35-21-9-7-19-33(35)44)39-28-42-46(36-22-10-12-24-40(36)49-42)47-37-23-11-13-25-41(37)50-48(39)47;1-2-11-27(12-3-1)28-21-23-29(24-22-28)40-30-13-4-6-15-32(30)41(33-16-7-5-14-31(33)40)35-18-10-19-36-43-39(46-44(35)36)26-25-38-42(43)34-17-8-9-20-37(34)45-38;1-2-13-27(14-3-1)28-15-4-5-16-29(28)40-30-17-6-8-19-32(30)41(33-20-9-7-18-31(33)40)35-22-12-23-36-43-39(46-44(35)36)26-25-38-42(43)34-21-10-11-24-37(34)45-38;;;/h1-28H;2*1-26H;3*1H4/i;;;3*1D. The topological polar surface area (TPSA) is 78.8 Å². The van der Waals surface area contributed by atoms with Crippen molar-refractivity contribution in [1.29, 1.82) is 0 Å². The molecule has 6 aromatic heterocycles. The molecule has 0 saturated carbocycles. The summed E-state index contributed by atoms with van der Waals surface area (Å²) in [5.74, 6) is 0. The molecule has 0 aliphatic rings. The summed E-state index contributed by atoms with van der Waals surface area (Å²) in [6.07, 6.45) is 0. The van der Waals surface area contributed by atoms with E-state index in [9.17, 15) is 0 Å². The normalized spacial score (nSPS) is 11.8. The zero-order chi connectivity index (χ0) is 99.1. The summed E-state index contributed by atoms with van der Waals surface area (Å²) < 4.78 is 56.9. The highest BCUT2D eigenvalue weighted by Crippen LogP contribution is 2.56. The van der Waals surface area contributed by atoms with Crippen molar-refractivity contribution < 1.29 is 30.6 Å². The quantitative estimate of drug-likeness (QED) is 0.134. The molecule has 31 rings (SSSR count). The Balaban J connectivity index is 0.000000110. The molecule has 0 saturated heterocycles. The van der Waals surface area contributed by atoms with Gasteiger partial charge >= 0.3 is 0 Å². The van der Waals surface area contributed by atoms with E-state index in [1.165, 1.54) is 176 Å². The lowest BCUT2D eigenvalue weighted by Gasteiger charge is -2.21. The van der Waals surface area contributed by atoms with Gasteiger partial charge in [-0.05, 0) is 197 Å². The van der Waals surface area contributed by atoms with Gasteiger partial charge in [-0.3, -0.25) is 0 Å². The average molecular weight is 1860 g/mol. The van der Waals surface area contributed by atoms with E-state index >= 15 is 0 Å². The maximum atomic E-state index is 6.86. The fraction of sp³-hybridized carbons (Fsp3) is 0.0216. The van der Waals surface area contributed by atoms with Crippen molar-refractivity contribution in [3.8, 4) is 100 Å². The molecule has 0 bridgehead atoms. The van der Waals surface area contributed by atoms with Crippen LogP contribution >= 0.6 is 0 Å². The third-order valence-electron chi connectivity index (χ3n) is 29.4. The van der Waals surface area contributed by atoms with Crippen LogP contribution in [0.4, 0.5) is 0 Å². The van der Waals surface area contributed by atoms with Crippen LogP contribution < -0.4 is 0 Å². The summed E-state index contributed by atoms with van der Waals surface area (Å²) in [5, 5.41) is 30.1. The van der Waals surface area contributed by atoms with E-state index in [1.807, 2.05) is 60.7 Å². The molecule has 684 valence electrons. The Morgan fingerprint density at radius 2 is 0.386 bits per heavy atom. The second-order valence-corrected chi connectivity index (χ2v) is 37.0. The van der Waals surface area contributed by atoms with Crippen molar-refractivity contribution >= 4 is 207 Å². The number of rotatable bonds is 9. The number of fused-ring (bicyclic) bond motifs is 28. The predicted molar refractivity (Wildman–Crippen MR) is 615 cm³/mol. The van der Waals surface area contributed by atoms with E-state index < -0.39 is 0 Å². The molecule has 145 heavy (non-hydrogen) atoms. The number of hydrogen-bond donors (Lipinski definition) is 0. The van der Waals surface area contributed by atoms with Gasteiger partial charge in [0.25, 0.3) is 0 Å². The van der Waals surface area contributed by atoms with Gasteiger partial charge in [0.05, 0.1) is 0 Å². The van der Waals surface area contributed by atoms with E-state index in [1.54, 1.807) is 0 Å². The highest BCUT2D eigenvalue weighted by molar-refractivity contribution is 6.35. The Kier molecular flexibility index (Phi) is 20.0. The van der Waals surface area contributed by atoms with Crippen LogP contribution in [0.2, 0.25) is 0 Å². The Morgan fingerprint density at radius 3 is 0.821 bits per heavy atom. The Hall–Kier alpha value is -18.9. The number of benzene rings is 25. The maximum absolute atomic E-state index is 6.86. The molecule has 0 aliphatic carbocycles. The number of para-hydroxylation sites is 6. The first-order chi connectivity index (χ1) is 73.5. The first-order valence-corrected chi connectivity index (χ1v) is 48.5. The van der Waals surface area contributed by atoms with E-state index in [0.717, 1.165) is 154 Å². The molecule has 0 amide bonds. The van der Waals surface area contributed by atoms with E-state index in [4.69, 9.17) is 30.6 Å². The average Bonchev–Trinajstić information content (AvgIpc) is 1.44. The Bertz CT molecular complexity index is 10500. The first kappa shape index (κ1) is 83.1. The predicted octanol–water partition coefficient (Wildman–Crippen LogP) is 41.4. The minimum atomic E-state index is 0.860. The van der Waals surface area contributed by atoms with Gasteiger partial charge in [-0.1, -0.05) is 453 Å². The van der Waals surface area contributed by atoms with Crippen molar-refractivity contribution in [3.63, 3.8) is 0 Å². The fourth-order valence-electron chi connectivity index (χ4n) is 23.5. The Labute approximate surface area is 839 Å². The van der Waals surface area contributed by atoms with Gasteiger partial charge in [-0.25, -0.2) is 0 Å². The fourth-order valence-corrected chi connectivity index (χ4v) is 23.5. The first-order valence-electron chi connectivity index (χ1n) is 51.5. The van der Waals surface area contributed by atoms with Crippen LogP contribution in [0, 0.1) is 0 Å². The molecular weight excluding hydrogens is 1770 g/mol. The van der Waals surface area contributed by atoms with E-state index in [2.05, 4.69) is 425 Å². The Morgan fingerprint density at radius 1 is 0.124 bits per heavy atom. The van der Waals surface area contributed by atoms with Crippen LogP contribution in [0.3, 0.4) is 0 Å². The van der Waals surface area contributed by atoms with Gasteiger partial charge in [-0.2, -0.15) is 0 Å². The molecule has 6 nitrogen and oxygen atoms in total. The van der Waals surface area contributed by atoms with Gasteiger partial charge < -0.3 is 26.5 Å². The molecule has 0 aliphatic heterocycles. The van der Waals surface area contributed by atoms with E-state index in [-0.39, 0.29) is 0 Å². The molecule has 6 heterocycles. The monoisotopic (exact) mass is 1860 g/mol. The zero-order valence-corrected chi connectivity index (χ0v) is 79.6. The summed E-state index contributed by atoms with van der Waals surface area (Å²) in [6.45, 7) is 0. The van der Waals surface area contributed by atoms with Crippen molar-refractivity contribution in [1.82, 2.24) is 0 Å². The third-order valence-corrected chi connectivity index (χ3v) is 29.4. The van der Waals surface area contributed by atoms with Crippen molar-refractivity contribution in [2.24, 2.45) is 0 Å². The summed E-state index contributed by atoms with van der Waals surface area (Å²) in [6, 6.07) is 173. The van der Waals surface area contributed by atoms with Crippen molar-refractivity contribution in [2.45, 2.75) is 22.2 Å². The lowest BCUT2D eigenvalue weighted by molar-refractivity contribution is 0.663. The van der Waals surface area contributed by atoms with Gasteiger partial charge in [0.15, 0.2) is 0 Å². The molecule has 0 fully saturated rings. The minimum Gasteiger partial charge on any atom is -0.456 e. The molecule has 0 spiro atoms. The van der Waals surface area contributed by atoms with Crippen LogP contribution in [0.25, 0.3) is 307 Å². The van der Waals surface area contributed by atoms with Crippen LogP contribution in [-0.4, -0.2) is 0 Å². The molecule has 6 heteroatoms. The molecule has 0 N–H and O–H groups in total. The molecule has 0 radical (unpaired) electrons. The zero-order valence-electron chi connectivity index (χ0n) is 82.6. The lowest BCUT2D eigenvalue weighted by Crippen LogP contribution is -1.94. The molecule has 31 aromatic rings. The smallest absolute Gasteiger partial charge is 0.144 e. The van der Waals surface area contributed by atoms with Gasteiger partial charge in [-0.15, -0.1) is 0 Å². The van der Waals surface area contributed by atoms with Crippen LogP contribution in [-0.2, 0) is 0 Å². The molecule has 25 aromatic carbocycles. The maximum Gasteiger partial charge on any atom is 0.144 e. The SMILES string of the molecule is [2H]C.[2H]C.[2H]C.c1ccc(-c2c(-c3c4ccccc4c(-c4cc5oc6ccccc6c5c5c4oc4ccccc45)c4ccccc34)ccc3ccccc23)cc1.c1ccc(-c2ccc(-c3c4ccccc4c(-c4cccc5c4oc4ccc6oc7ccccc7c6c45)c4ccccc34)cc2)cc1.c1ccc(-c2ccccc2-c2c3ccccc3c(-c3cccc4c3oc3ccc5oc6ccccc6c5c34)c3ccccc23)cc1. The van der Waals surface area contributed by atoms with Gasteiger partial charge in [0, 0.05) is 102 Å². The molecule has 0 unspecified atom stereocenters. The van der Waals surface area contributed by atoms with Gasteiger partial charge in [0.2, 0.25) is 0 Å². The molecule has 0 atom stereocenters. The van der Waals surface area contributed by atoms with Crippen LogP contribution in [0.1, 0.15) is 26.3 Å². The highest BCUT2D eigenvalue weighted by atomic mass is 16.4. The van der Waals surface area contributed by atoms with Crippen molar-refractivity contribution in [2.75, 3.05) is 0 Å². The second kappa shape index (κ2) is 34.9. The number of furan rings is 6. The lowest BCUT2D eigenvalue weighted by atomic mass is 9.82. The minimum absolute atomic E-state index is 0.860. The number of hydrogen-bond acceptors (Lipinski definition) is 6. The van der Waals surface area contributed by atoms with Crippen molar-refractivity contribution in [3.05, 3.63) is 485 Å². The summed E-state index contributed by atoms with van der Waals surface area (Å²) >= 11 is 0. The van der Waals surface area contributed by atoms with Gasteiger partial charge in [0.1, 0.15) is 67.0 Å². The summed E-state index contributed by atoms with van der Waals surface area (Å²) in [5.41, 5.74) is 31.9. The largest absolute Gasteiger partial charge is 0.456 e. The van der Waals surface area contributed by atoms with Crippen LogP contribution in [0.15, 0.2) is 512 Å². The van der Waals surface area contributed by atoms with E-state index in [0.29, 0.717) is 0 Å². The van der Waals surface area contributed by atoms with Crippen LogP contribution in [0.5, 0.6) is 0 Å². The summed E-state index contributed by atoms with van der Waals surface area (Å²) in [4.78, 5) is 0. The second-order valence-electron chi connectivity index (χ2n) is 37.0. The third kappa shape index (κ3) is 13.6. The highest BCUT2D eigenvalue weighted by Gasteiger charge is 2.30. The molecular formula is C139H92O6.